The van der Waals surface area contributed by atoms with Crippen LogP contribution in [0.1, 0.15) is 16.1 Å². The SMILES string of the molecule is CN1CCn2c1nc(C(=O)NCc1ccc(F)cc1)c(O)c2=O. The van der Waals surface area contributed by atoms with Gasteiger partial charge in [0.15, 0.2) is 5.69 Å². The van der Waals surface area contributed by atoms with Gasteiger partial charge in [0.2, 0.25) is 11.7 Å². The molecule has 0 fully saturated rings. The van der Waals surface area contributed by atoms with E-state index in [1.54, 1.807) is 11.9 Å². The normalized spacial score (nSPS) is 13.0. The van der Waals surface area contributed by atoms with E-state index in [0.717, 1.165) is 0 Å². The van der Waals surface area contributed by atoms with Gasteiger partial charge in [0, 0.05) is 26.7 Å². The number of likely N-dealkylation sites (N-methyl/N-ethyl adjacent to an activating group) is 1. The molecule has 2 N–H and O–H groups in total. The van der Waals surface area contributed by atoms with Gasteiger partial charge in [0.25, 0.3) is 11.5 Å². The summed E-state index contributed by atoms with van der Waals surface area (Å²) in [6, 6.07) is 5.64. The lowest BCUT2D eigenvalue weighted by atomic mass is 10.2. The van der Waals surface area contributed by atoms with Crippen LogP contribution in [0.2, 0.25) is 0 Å². The van der Waals surface area contributed by atoms with E-state index in [2.05, 4.69) is 10.3 Å². The Balaban J connectivity index is 1.82. The molecular formula is C15H15FN4O3. The van der Waals surface area contributed by atoms with Crippen molar-refractivity contribution < 1.29 is 14.3 Å². The highest BCUT2D eigenvalue weighted by atomic mass is 19.1. The fourth-order valence-electron chi connectivity index (χ4n) is 2.40. The minimum atomic E-state index is -0.666. The first-order chi connectivity index (χ1) is 11.0. The maximum absolute atomic E-state index is 12.8. The van der Waals surface area contributed by atoms with Crippen LogP contribution in [0.15, 0.2) is 29.1 Å². The van der Waals surface area contributed by atoms with Gasteiger partial charge in [-0.05, 0) is 17.7 Å². The molecule has 0 spiro atoms. The second-order valence-corrected chi connectivity index (χ2v) is 5.30. The number of nitrogens with one attached hydrogen (secondary N) is 1. The third-order valence-electron chi connectivity index (χ3n) is 3.71. The third kappa shape index (κ3) is 2.75. The van der Waals surface area contributed by atoms with Crippen LogP contribution in [-0.4, -0.2) is 34.2 Å². The number of halogens is 1. The zero-order valence-corrected chi connectivity index (χ0v) is 12.4. The van der Waals surface area contributed by atoms with Crippen molar-refractivity contribution in [3.63, 3.8) is 0 Å². The van der Waals surface area contributed by atoms with Gasteiger partial charge in [-0.2, -0.15) is 0 Å². The van der Waals surface area contributed by atoms with E-state index in [-0.39, 0.29) is 18.1 Å². The molecule has 3 rings (SSSR count). The maximum Gasteiger partial charge on any atom is 0.298 e. The molecule has 1 aromatic carbocycles. The standard InChI is InChI=1S/C15H15FN4O3/c1-19-6-7-20-14(23)12(21)11(18-15(19)20)13(22)17-8-9-2-4-10(16)5-3-9/h2-5,21H,6-8H2,1H3,(H,17,22). The Morgan fingerprint density at radius 3 is 2.74 bits per heavy atom. The summed E-state index contributed by atoms with van der Waals surface area (Å²) in [4.78, 5) is 30.1. The van der Waals surface area contributed by atoms with Gasteiger partial charge >= 0.3 is 0 Å². The molecule has 23 heavy (non-hydrogen) atoms. The van der Waals surface area contributed by atoms with Crippen molar-refractivity contribution in [1.82, 2.24) is 14.9 Å². The van der Waals surface area contributed by atoms with Crippen molar-refractivity contribution in [2.45, 2.75) is 13.1 Å². The van der Waals surface area contributed by atoms with E-state index in [4.69, 9.17) is 0 Å². The molecule has 2 heterocycles. The van der Waals surface area contributed by atoms with E-state index in [1.807, 2.05) is 0 Å². The van der Waals surface area contributed by atoms with Gasteiger partial charge in [0.05, 0.1) is 0 Å². The van der Waals surface area contributed by atoms with Gasteiger partial charge in [-0.3, -0.25) is 14.2 Å². The highest BCUT2D eigenvalue weighted by molar-refractivity contribution is 5.95. The van der Waals surface area contributed by atoms with Crippen LogP contribution in [0.3, 0.4) is 0 Å². The smallest absolute Gasteiger partial charge is 0.298 e. The molecule has 0 bridgehead atoms. The van der Waals surface area contributed by atoms with E-state index in [9.17, 15) is 19.1 Å². The van der Waals surface area contributed by atoms with Gasteiger partial charge in [-0.25, -0.2) is 9.37 Å². The van der Waals surface area contributed by atoms with Gasteiger partial charge < -0.3 is 15.3 Å². The van der Waals surface area contributed by atoms with Crippen LogP contribution in [0, 0.1) is 5.82 Å². The van der Waals surface area contributed by atoms with Gasteiger partial charge in [0.1, 0.15) is 5.82 Å². The Hall–Kier alpha value is -2.90. The summed E-state index contributed by atoms with van der Waals surface area (Å²) in [6.07, 6.45) is 0. The molecule has 1 aliphatic rings. The van der Waals surface area contributed by atoms with Crippen molar-refractivity contribution in [1.29, 1.82) is 0 Å². The number of aromatic nitrogens is 2. The molecule has 0 saturated heterocycles. The predicted molar refractivity (Wildman–Crippen MR) is 81.0 cm³/mol. The summed E-state index contributed by atoms with van der Waals surface area (Å²) in [6.45, 7) is 1.14. The zero-order chi connectivity index (χ0) is 16.6. The fraction of sp³-hybridized carbons (Fsp3) is 0.267. The third-order valence-corrected chi connectivity index (χ3v) is 3.71. The second-order valence-electron chi connectivity index (χ2n) is 5.30. The molecule has 120 valence electrons. The molecule has 2 aromatic rings. The Morgan fingerprint density at radius 2 is 2.04 bits per heavy atom. The van der Waals surface area contributed by atoms with E-state index < -0.39 is 17.2 Å². The van der Waals surface area contributed by atoms with Crippen LogP contribution in [0.25, 0.3) is 0 Å². The van der Waals surface area contributed by atoms with Gasteiger partial charge in [-0.1, -0.05) is 12.1 Å². The number of benzene rings is 1. The molecule has 0 unspecified atom stereocenters. The lowest BCUT2D eigenvalue weighted by molar-refractivity contribution is 0.0942. The van der Waals surface area contributed by atoms with Crippen LogP contribution in [0.5, 0.6) is 5.75 Å². The lowest BCUT2D eigenvalue weighted by Gasteiger charge is -2.12. The first kappa shape index (κ1) is 15.0. The fourth-order valence-corrected chi connectivity index (χ4v) is 2.40. The number of aromatic hydroxyl groups is 1. The van der Waals surface area contributed by atoms with Crippen LogP contribution in [-0.2, 0) is 13.1 Å². The molecule has 0 aliphatic carbocycles. The summed E-state index contributed by atoms with van der Waals surface area (Å²) < 4.78 is 14.2. The van der Waals surface area contributed by atoms with Crippen molar-refractivity contribution in [3.05, 3.63) is 51.7 Å². The second kappa shape index (κ2) is 5.71. The van der Waals surface area contributed by atoms with Crippen LogP contribution >= 0.6 is 0 Å². The zero-order valence-electron chi connectivity index (χ0n) is 12.4. The molecule has 0 atom stereocenters. The molecule has 7 nitrogen and oxygen atoms in total. The Kier molecular flexibility index (Phi) is 3.73. The molecule has 0 radical (unpaired) electrons. The number of rotatable bonds is 3. The van der Waals surface area contributed by atoms with Crippen LogP contribution < -0.4 is 15.8 Å². The van der Waals surface area contributed by atoms with Crippen molar-refractivity contribution >= 4 is 11.9 Å². The van der Waals surface area contributed by atoms with E-state index >= 15 is 0 Å². The maximum atomic E-state index is 12.8. The van der Waals surface area contributed by atoms with E-state index in [1.165, 1.54) is 28.8 Å². The van der Waals surface area contributed by atoms with Crippen molar-refractivity contribution in [2.24, 2.45) is 0 Å². The predicted octanol–water partition coefficient (Wildman–Crippen LogP) is 0.468. The summed E-state index contributed by atoms with van der Waals surface area (Å²) in [7, 11) is 1.75. The number of hydrogen-bond donors (Lipinski definition) is 2. The average Bonchev–Trinajstić information content (AvgIpc) is 2.91. The first-order valence-corrected chi connectivity index (χ1v) is 7.05. The Bertz CT molecular complexity index is 817. The van der Waals surface area contributed by atoms with Crippen molar-refractivity contribution in [3.8, 4) is 5.75 Å². The molecule has 1 aliphatic heterocycles. The van der Waals surface area contributed by atoms with Gasteiger partial charge in [-0.15, -0.1) is 0 Å². The number of fused-ring (bicyclic) bond motifs is 1. The minimum Gasteiger partial charge on any atom is -0.501 e. The number of amides is 1. The minimum absolute atomic E-state index is 0.133. The number of carbonyl (C=O) groups is 1. The quantitative estimate of drug-likeness (QED) is 0.859. The average molecular weight is 318 g/mol. The monoisotopic (exact) mass is 318 g/mol. The molecule has 8 heteroatoms. The lowest BCUT2D eigenvalue weighted by Crippen LogP contribution is -2.29. The topological polar surface area (TPSA) is 87.5 Å². The largest absolute Gasteiger partial charge is 0.501 e. The Labute approximate surface area is 131 Å². The number of carbonyl (C=O) groups excluding carboxylic acids is 1. The first-order valence-electron chi connectivity index (χ1n) is 7.05. The van der Waals surface area contributed by atoms with Crippen molar-refractivity contribution in [2.75, 3.05) is 18.5 Å². The number of nitrogens with zero attached hydrogens (tertiary/aromatic N) is 3. The molecule has 1 amide bonds. The Morgan fingerprint density at radius 1 is 1.35 bits per heavy atom. The van der Waals surface area contributed by atoms with E-state index in [0.29, 0.717) is 24.6 Å². The molecule has 0 saturated carbocycles. The number of hydrogen-bond acceptors (Lipinski definition) is 5. The number of anilines is 1. The highest BCUT2D eigenvalue weighted by Crippen LogP contribution is 2.19. The summed E-state index contributed by atoms with van der Waals surface area (Å²) in [5.41, 5.74) is -0.252. The molecule has 1 aromatic heterocycles. The van der Waals surface area contributed by atoms with Crippen LogP contribution in [0.4, 0.5) is 10.3 Å². The summed E-state index contributed by atoms with van der Waals surface area (Å²) >= 11 is 0. The molecular weight excluding hydrogens is 303 g/mol. The summed E-state index contributed by atoms with van der Waals surface area (Å²) in [5, 5.41) is 12.5. The highest BCUT2D eigenvalue weighted by Gasteiger charge is 2.26. The summed E-state index contributed by atoms with van der Waals surface area (Å²) in [5.74, 6) is -1.35.